The van der Waals surface area contributed by atoms with E-state index in [0.717, 1.165) is 5.56 Å². The number of hydrogen-bond acceptors (Lipinski definition) is 4. The van der Waals surface area contributed by atoms with Gasteiger partial charge in [-0.25, -0.2) is 0 Å². The van der Waals surface area contributed by atoms with Gasteiger partial charge >= 0.3 is 0 Å². The lowest BCUT2D eigenvalue weighted by molar-refractivity contribution is 0.0705. The fourth-order valence-electron chi connectivity index (χ4n) is 1.12. The zero-order valence-electron chi connectivity index (χ0n) is 8.89. The molecular weight excluding hydrogens is 226 g/mol. The first kappa shape index (κ1) is 12.9. The second-order valence-corrected chi connectivity index (χ2v) is 3.52. The van der Waals surface area contributed by atoms with Crippen molar-refractivity contribution in [3.63, 3.8) is 0 Å². The monoisotopic (exact) mass is 241 g/mol. The third-order valence-corrected chi connectivity index (χ3v) is 2.09. The van der Waals surface area contributed by atoms with E-state index in [4.69, 9.17) is 32.5 Å². The summed E-state index contributed by atoms with van der Waals surface area (Å²) >= 11 is 4.86. The Morgan fingerprint density at radius 3 is 2.81 bits per heavy atom. The molecule has 0 bridgehead atoms. The molecule has 0 aliphatic carbocycles. The summed E-state index contributed by atoms with van der Waals surface area (Å²) in [7, 11) is 0. The highest BCUT2D eigenvalue weighted by molar-refractivity contribution is 7.80. The molecular formula is C11H15NO3S. The highest BCUT2D eigenvalue weighted by atomic mass is 32.1. The van der Waals surface area contributed by atoms with Crippen LogP contribution in [-0.2, 0) is 4.74 Å². The maximum atomic E-state index is 8.49. The molecule has 88 valence electrons. The van der Waals surface area contributed by atoms with Crippen LogP contribution in [0.25, 0.3) is 0 Å². The van der Waals surface area contributed by atoms with Crippen molar-refractivity contribution in [2.75, 3.05) is 26.4 Å². The van der Waals surface area contributed by atoms with Crippen molar-refractivity contribution < 1.29 is 14.6 Å². The molecule has 3 N–H and O–H groups in total. The summed E-state index contributed by atoms with van der Waals surface area (Å²) in [5, 5.41) is 8.49. The minimum atomic E-state index is 0.0247. The Kier molecular flexibility index (Phi) is 5.77. The molecule has 1 rings (SSSR count). The van der Waals surface area contributed by atoms with Crippen molar-refractivity contribution in [3.05, 3.63) is 29.8 Å². The van der Waals surface area contributed by atoms with Crippen molar-refractivity contribution in [2.24, 2.45) is 5.73 Å². The summed E-state index contributed by atoms with van der Waals surface area (Å²) in [5.74, 6) is 0.706. The first-order valence-corrected chi connectivity index (χ1v) is 5.36. The molecule has 4 nitrogen and oxygen atoms in total. The van der Waals surface area contributed by atoms with Gasteiger partial charge in [-0.2, -0.15) is 0 Å². The quantitative estimate of drug-likeness (QED) is 0.543. The van der Waals surface area contributed by atoms with Crippen molar-refractivity contribution in [3.8, 4) is 5.75 Å². The fraction of sp³-hybridized carbons (Fsp3) is 0.364. The Morgan fingerprint density at radius 2 is 2.12 bits per heavy atom. The number of ether oxygens (including phenoxy) is 2. The van der Waals surface area contributed by atoms with Crippen LogP contribution in [0.5, 0.6) is 5.75 Å². The molecule has 1 aromatic rings. The molecule has 0 saturated carbocycles. The van der Waals surface area contributed by atoms with Crippen molar-refractivity contribution in [2.45, 2.75) is 0 Å². The number of aliphatic hydroxyl groups excluding tert-OH is 1. The molecule has 0 aromatic heterocycles. The van der Waals surface area contributed by atoms with Crippen LogP contribution < -0.4 is 10.5 Å². The van der Waals surface area contributed by atoms with Gasteiger partial charge in [0.15, 0.2) is 0 Å². The molecule has 0 fully saturated rings. The molecule has 0 aliphatic heterocycles. The normalized spacial score (nSPS) is 10.1. The molecule has 0 spiro atoms. The Bertz CT molecular complexity index is 344. The largest absolute Gasteiger partial charge is 0.491 e. The van der Waals surface area contributed by atoms with E-state index in [9.17, 15) is 0 Å². The average Bonchev–Trinajstić information content (AvgIpc) is 2.29. The molecule has 0 saturated heterocycles. The van der Waals surface area contributed by atoms with E-state index in [0.29, 0.717) is 30.6 Å². The summed E-state index contributed by atoms with van der Waals surface area (Å²) in [5.41, 5.74) is 6.28. The van der Waals surface area contributed by atoms with Crippen LogP contribution in [0, 0.1) is 0 Å². The van der Waals surface area contributed by atoms with Gasteiger partial charge in [0, 0.05) is 5.56 Å². The van der Waals surface area contributed by atoms with E-state index in [1.54, 1.807) is 6.07 Å². The summed E-state index contributed by atoms with van der Waals surface area (Å²) in [6, 6.07) is 7.28. The first-order valence-electron chi connectivity index (χ1n) is 4.95. The Balaban J connectivity index is 2.36. The molecule has 0 aliphatic rings. The predicted molar refractivity (Wildman–Crippen MR) is 65.7 cm³/mol. The number of aliphatic hydroxyl groups is 1. The topological polar surface area (TPSA) is 64.7 Å². The molecule has 0 heterocycles. The lowest BCUT2D eigenvalue weighted by atomic mass is 10.2. The molecule has 0 atom stereocenters. The minimum Gasteiger partial charge on any atom is -0.491 e. The number of benzene rings is 1. The fourth-order valence-corrected chi connectivity index (χ4v) is 1.25. The second-order valence-electron chi connectivity index (χ2n) is 3.08. The number of nitrogens with two attached hydrogens (primary N) is 1. The van der Waals surface area contributed by atoms with Crippen LogP contribution in [0.3, 0.4) is 0 Å². The number of thiocarbonyl (C=S) groups is 1. The van der Waals surface area contributed by atoms with Gasteiger partial charge in [-0.3, -0.25) is 0 Å². The van der Waals surface area contributed by atoms with Gasteiger partial charge in [0.05, 0.1) is 19.8 Å². The highest BCUT2D eigenvalue weighted by Gasteiger charge is 1.98. The maximum Gasteiger partial charge on any atom is 0.120 e. The zero-order valence-corrected chi connectivity index (χ0v) is 9.70. The van der Waals surface area contributed by atoms with Crippen LogP contribution in [0.4, 0.5) is 0 Å². The Hall–Kier alpha value is -1.17. The summed E-state index contributed by atoms with van der Waals surface area (Å²) < 4.78 is 10.5. The van der Waals surface area contributed by atoms with Crippen LogP contribution in [0.15, 0.2) is 24.3 Å². The summed E-state index contributed by atoms with van der Waals surface area (Å²) in [6.07, 6.45) is 0. The van der Waals surface area contributed by atoms with Crippen molar-refractivity contribution in [1.82, 2.24) is 0 Å². The third-order valence-electron chi connectivity index (χ3n) is 1.85. The molecule has 5 heteroatoms. The summed E-state index contributed by atoms with van der Waals surface area (Å²) in [6.45, 7) is 1.23. The molecule has 1 aromatic carbocycles. The molecule has 0 amide bonds. The van der Waals surface area contributed by atoms with Crippen LogP contribution in [0.2, 0.25) is 0 Å². The second kappa shape index (κ2) is 7.16. The number of hydrogen-bond donors (Lipinski definition) is 2. The van der Waals surface area contributed by atoms with E-state index in [1.807, 2.05) is 18.2 Å². The lowest BCUT2D eigenvalue weighted by Crippen LogP contribution is -2.11. The van der Waals surface area contributed by atoms with E-state index < -0.39 is 0 Å². The van der Waals surface area contributed by atoms with E-state index in [1.165, 1.54) is 0 Å². The van der Waals surface area contributed by atoms with Crippen LogP contribution in [0.1, 0.15) is 5.56 Å². The smallest absolute Gasteiger partial charge is 0.120 e. The maximum absolute atomic E-state index is 8.49. The molecule has 0 radical (unpaired) electrons. The minimum absolute atomic E-state index is 0.0247. The van der Waals surface area contributed by atoms with Crippen LogP contribution >= 0.6 is 12.2 Å². The average molecular weight is 241 g/mol. The lowest BCUT2D eigenvalue weighted by Gasteiger charge is -2.07. The third kappa shape index (κ3) is 4.57. The number of rotatable bonds is 7. The van der Waals surface area contributed by atoms with Gasteiger partial charge in [-0.1, -0.05) is 24.4 Å². The van der Waals surface area contributed by atoms with Crippen molar-refractivity contribution >= 4 is 17.2 Å². The zero-order chi connectivity index (χ0) is 11.8. The van der Waals surface area contributed by atoms with E-state index in [2.05, 4.69) is 0 Å². The molecule has 0 unspecified atom stereocenters. The first-order chi connectivity index (χ1) is 7.74. The Labute approximate surface area is 100.0 Å². The highest BCUT2D eigenvalue weighted by Crippen LogP contribution is 2.12. The summed E-state index contributed by atoms with van der Waals surface area (Å²) in [4.78, 5) is 0.349. The van der Waals surface area contributed by atoms with Crippen molar-refractivity contribution in [1.29, 1.82) is 0 Å². The van der Waals surface area contributed by atoms with Crippen LogP contribution in [-0.4, -0.2) is 36.5 Å². The van der Waals surface area contributed by atoms with Gasteiger partial charge in [-0.15, -0.1) is 0 Å². The van der Waals surface area contributed by atoms with Gasteiger partial charge < -0.3 is 20.3 Å². The SMILES string of the molecule is NC(=S)c1cccc(OCCOCCO)c1. The van der Waals surface area contributed by atoms with Gasteiger partial charge in [-0.05, 0) is 12.1 Å². The van der Waals surface area contributed by atoms with E-state index >= 15 is 0 Å². The standard InChI is InChI=1S/C11H15NO3S/c12-11(16)9-2-1-3-10(8-9)15-7-6-14-5-4-13/h1-3,8,13H,4-7H2,(H2,12,16). The van der Waals surface area contributed by atoms with Gasteiger partial charge in [0.1, 0.15) is 17.3 Å². The predicted octanol–water partition coefficient (Wildman–Crippen LogP) is 0.709. The van der Waals surface area contributed by atoms with Gasteiger partial charge in [0.2, 0.25) is 0 Å². The molecule has 16 heavy (non-hydrogen) atoms. The Morgan fingerprint density at radius 1 is 1.31 bits per heavy atom. The van der Waals surface area contributed by atoms with E-state index in [-0.39, 0.29) is 6.61 Å². The van der Waals surface area contributed by atoms with Gasteiger partial charge in [0.25, 0.3) is 0 Å².